The second-order valence-corrected chi connectivity index (χ2v) is 8.27. The summed E-state index contributed by atoms with van der Waals surface area (Å²) in [6.45, 7) is 2.34. The lowest BCUT2D eigenvalue weighted by Gasteiger charge is -2.30. The number of nitrogens with one attached hydrogen (secondary N) is 1. The van der Waals surface area contributed by atoms with E-state index in [0.717, 1.165) is 23.1 Å². The Labute approximate surface area is 187 Å². The van der Waals surface area contributed by atoms with Crippen LogP contribution in [-0.4, -0.2) is 60.8 Å². The minimum Gasteiger partial charge on any atom is -0.379 e. The summed E-state index contributed by atoms with van der Waals surface area (Å²) in [5.41, 5.74) is 2.60. The summed E-state index contributed by atoms with van der Waals surface area (Å²) in [5.74, 6) is -0.457. The summed E-state index contributed by atoms with van der Waals surface area (Å²) < 4.78 is 12.0. The van der Waals surface area contributed by atoms with Gasteiger partial charge in [-0.3, -0.25) is 14.4 Å². The highest BCUT2D eigenvalue weighted by Gasteiger charge is 2.29. The molecule has 2 amide bonds. The molecule has 0 spiro atoms. The first-order chi connectivity index (χ1) is 15.6. The van der Waals surface area contributed by atoms with Crippen molar-refractivity contribution in [2.75, 3.05) is 33.5 Å². The number of hydrogen-bond acceptors (Lipinski definition) is 5. The van der Waals surface area contributed by atoms with Crippen LogP contribution < -0.4 is 10.9 Å². The molecule has 2 aliphatic rings. The van der Waals surface area contributed by atoms with Crippen molar-refractivity contribution in [3.05, 3.63) is 69.1 Å². The second-order valence-electron chi connectivity index (χ2n) is 8.27. The Bertz CT molecular complexity index is 1030. The Hall–Kier alpha value is -2.97. The maximum Gasteiger partial charge on any atom is 0.263 e. The monoisotopic (exact) mass is 439 g/mol. The largest absolute Gasteiger partial charge is 0.379 e. The maximum absolute atomic E-state index is 13.4. The first-order valence-corrected chi connectivity index (χ1v) is 11.0. The fourth-order valence-electron chi connectivity index (χ4n) is 4.34. The molecule has 4 rings (SSSR count). The van der Waals surface area contributed by atoms with E-state index in [2.05, 4.69) is 5.32 Å². The maximum atomic E-state index is 13.4. The van der Waals surface area contributed by atoms with E-state index in [9.17, 15) is 14.4 Å². The first kappa shape index (κ1) is 22.2. The lowest BCUT2D eigenvalue weighted by Crippen LogP contribution is -2.44. The number of fused-ring (bicyclic) bond motifs is 1. The molecule has 0 aliphatic carbocycles. The molecular weight excluding hydrogens is 410 g/mol. The molecule has 1 N–H and O–H groups in total. The van der Waals surface area contributed by atoms with E-state index in [1.54, 1.807) is 9.47 Å². The normalized spacial score (nSPS) is 17.8. The molecule has 1 aromatic carbocycles. The van der Waals surface area contributed by atoms with Gasteiger partial charge in [0, 0.05) is 39.5 Å². The number of benzene rings is 1. The molecule has 2 aliphatic heterocycles. The fourth-order valence-corrected chi connectivity index (χ4v) is 4.34. The number of nitrogens with zero attached hydrogens (tertiary/aromatic N) is 2. The van der Waals surface area contributed by atoms with Gasteiger partial charge in [0.15, 0.2) is 0 Å². The van der Waals surface area contributed by atoms with E-state index in [1.807, 2.05) is 36.5 Å². The van der Waals surface area contributed by atoms with Crippen molar-refractivity contribution in [3.8, 4) is 0 Å². The summed E-state index contributed by atoms with van der Waals surface area (Å²) in [7, 11) is 1.49. The smallest absolute Gasteiger partial charge is 0.263 e. The van der Waals surface area contributed by atoms with Gasteiger partial charge in [0.05, 0.1) is 12.6 Å². The first-order valence-electron chi connectivity index (χ1n) is 11.0. The van der Waals surface area contributed by atoms with Gasteiger partial charge >= 0.3 is 0 Å². The van der Waals surface area contributed by atoms with E-state index >= 15 is 0 Å². The Morgan fingerprint density at radius 1 is 1.25 bits per heavy atom. The van der Waals surface area contributed by atoms with Crippen molar-refractivity contribution in [3.63, 3.8) is 0 Å². The van der Waals surface area contributed by atoms with E-state index in [0.29, 0.717) is 45.7 Å². The molecular formula is C24H29N3O5. The Morgan fingerprint density at radius 2 is 2.06 bits per heavy atom. The molecule has 3 heterocycles. The van der Waals surface area contributed by atoms with Crippen molar-refractivity contribution < 1.29 is 19.1 Å². The van der Waals surface area contributed by atoms with Crippen LogP contribution >= 0.6 is 0 Å². The molecule has 1 aromatic heterocycles. The number of pyridine rings is 1. The minimum atomic E-state index is -0.354. The average Bonchev–Trinajstić information content (AvgIpc) is 3.31. The highest BCUT2D eigenvalue weighted by molar-refractivity contribution is 5.96. The molecule has 1 unspecified atom stereocenters. The van der Waals surface area contributed by atoms with Gasteiger partial charge in [-0.2, -0.15) is 0 Å². The predicted octanol–water partition coefficient (Wildman–Crippen LogP) is 1.14. The molecule has 2 aromatic rings. The van der Waals surface area contributed by atoms with Gasteiger partial charge in [0.1, 0.15) is 12.2 Å². The van der Waals surface area contributed by atoms with E-state index in [4.69, 9.17) is 9.47 Å². The zero-order chi connectivity index (χ0) is 22.5. The SMILES string of the molecule is COCC(=O)N1CCc2c(cn(CCc3ccccc3)c(=O)c2C(=O)NC2CCOC2)C1. The molecule has 170 valence electrons. The summed E-state index contributed by atoms with van der Waals surface area (Å²) in [4.78, 5) is 40.6. The van der Waals surface area contributed by atoms with Gasteiger partial charge < -0.3 is 24.3 Å². The predicted molar refractivity (Wildman–Crippen MR) is 119 cm³/mol. The number of hydrogen-bond donors (Lipinski definition) is 1. The highest BCUT2D eigenvalue weighted by Crippen LogP contribution is 2.22. The summed E-state index contributed by atoms with van der Waals surface area (Å²) in [6, 6.07) is 9.83. The second kappa shape index (κ2) is 10.1. The summed E-state index contributed by atoms with van der Waals surface area (Å²) in [6.07, 6.45) is 3.68. The zero-order valence-electron chi connectivity index (χ0n) is 18.3. The molecule has 1 fully saturated rings. The molecule has 0 bridgehead atoms. The topological polar surface area (TPSA) is 89.9 Å². The third-order valence-corrected chi connectivity index (χ3v) is 6.07. The lowest BCUT2D eigenvalue weighted by atomic mass is 9.95. The molecule has 8 nitrogen and oxygen atoms in total. The lowest BCUT2D eigenvalue weighted by molar-refractivity contribution is -0.136. The van der Waals surface area contributed by atoms with Crippen LogP contribution in [0.1, 0.15) is 33.5 Å². The number of methoxy groups -OCH3 is 1. The van der Waals surface area contributed by atoms with Crippen LogP contribution in [0.25, 0.3) is 0 Å². The molecule has 0 radical (unpaired) electrons. The van der Waals surface area contributed by atoms with Crippen molar-refractivity contribution >= 4 is 11.8 Å². The minimum absolute atomic E-state index is 0.0119. The van der Waals surface area contributed by atoms with Gasteiger partial charge in [-0.15, -0.1) is 0 Å². The van der Waals surface area contributed by atoms with Crippen LogP contribution in [0.2, 0.25) is 0 Å². The van der Waals surface area contributed by atoms with Crippen molar-refractivity contribution in [1.29, 1.82) is 0 Å². The number of amides is 2. The van der Waals surface area contributed by atoms with Crippen molar-refractivity contribution in [2.45, 2.75) is 38.4 Å². The van der Waals surface area contributed by atoms with Gasteiger partial charge in [0.2, 0.25) is 5.91 Å². The van der Waals surface area contributed by atoms with Crippen molar-refractivity contribution in [1.82, 2.24) is 14.8 Å². The number of aryl methyl sites for hydroxylation is 2. The van der Waals surface area contributed by atoms with Crippen LogP contribution in [0.5, 0.6) is 0 Å². The van der Waals surface area contributed by atoms with E-state index in [1.165, 1.54) is 7.11 Å². The summed E-state index contributed by atoms with van der Waals surface area (Å²) >= 11 is 0. The quantitative estimate of drug-likeness (QED) is 0.699. The number of rotatable bonds is 7. The fraction of sp³-hybridized carbons (Fsp3) is 0.458. The van der Waals surface area contributed by atoms with Gasteiger partial charge in [-0.25, -0.2) is 0 Å². The van der Waals surface area contributed by atoms with Crippen molar-refractivity contribution in [2.24, 2.45) is 0 Å². The van der Waals surface area contributed by atoms with E-state index in [-0.39, 0.29) is 35.6 Å². The molecule has 8 heteroatoms. The Balaban J connectivity index is 1.65. The Kier molecular flexibility index (Phi) is 7.02. The van der Waals surface area contributed by atoms with Crippen LogP contribution in [0.15, 0.2) is 41.3 Å². The van der Waals surface area contributed by atoms with Crippen LogP contribution in [0.4, 0.5) is 0 Å². The van der Waals surface area contributed by atoms with Crippen LogP contribution in [-0.2, 0) is 40.2 Å². The number of aromatic nitrogens is 1. The number of carbonyl (C=O) groups is 2. The number of ether oxygens (including phenoxy) is 2. The molecule has 32 heavy (non-hydrogen) atoms. The zero-order valence-corrected chi connectivity index (χ0v) is 18.3. The van der Waals surface area contributed by atoms with Gasteiger partial charge in [0.25, 0.3) is 11.5 Å². The van der Waals surface area contributed by atoms with Gasteiger partial charge in [-0.1, -0.05) is 30.3 Å². The number of carbonyl (C=O) groups excluding carboxylic acids is 2. The molecule has 1 atom stereocenters. The standard InChI is InChI=1S/C24H29N3O5/c1-31-16-21(28)26-11-8-20-18(13-26)14-27(10-7-17-5-3-2-4-6-17)24(30)22(20)23(29)25-19-9-12-32-15-19/h2-6,14,19H,7-13,15-16H2,1H3,(H,25,29). The van der Waals surface area contributed by atoms with E-state index < -0.39 is 0 Å². The average molecular weight is 440 g/mol. The van der Waals surface area contributed by atoms with Crippen LogP contribution in [0, 0.1) is 0 Å². The molecule has 0 saturated carbocycles. The third kappa shape index (κ3) is 4.92. The Morgan fingerprint density at radius 3 is 2.78 bits per heavy atom. The highest BCUT2D eigenvalue weighted by atomic mass is 16.5. The van der Waals surface area contributed by atoms with Crippen LogP contribution in [0.3, 0.4) is 0 Å². The molecule has 1 saturated heterocycles. The summed E-state index contributed by atoms with van der Waals surface area (Å²) in [5, 5.41) is 2.96. The van der Waals surface area contributed by atoms with Gasteiger partial charge in [-0.05, 0) is 36.0 Å². The third-order valence-electron chi connectivity index (χ3n) is 6.07.